The van der Waals surface area contributed by atoms with E-state index in [1.807, 2.05) is 0 Å². The van der Waals surface area contributed by atoms with Crippen LogP contribution in [0.4, 0.5) is 0 Å². The van der Waals surface area contributed by atoms with Crippen molar-refractivity contribution in [2.45, 2.75) is 69.2 Å². The molecule has 19 heavy (non-hydrogen) atoms. The summed E-state index contributed by atoms with van der Waals surface area (Å²) in [6, 6.07) is 0. The van der Waals surface area contributed by atoms with E-state index >= 15 is 0 Å². The third-order valence-corrected chi connectivity index (χ3v) is 3.61. The fraction of sp³-hybridized carbons (Fsp3) is 0.778. The average Bonchev–Trinajstić information content (AvgIpc) is 2.13. The van der Waals surface area contributed by atoms with Crippen molar-refractivity contribution in [3.8, 4) is 0 Å². The van der Waals surface area contributed by atoms with Crippen LogP contribution in [0.1, 0.15) is 69.2 Å². The van der Waals surface area contributed by atoms with E-state index < -0.39 is 0 Å². The van der Waals surface area contributed by atoms with Crippen LogP contribution >= 0.6 is 0 Å². The lowest BCUT2D eigenvalue weighted by molar-refractivity contribution is 0.280. The molecule has 0 radical (unpaired) electrons. The number of hydrogen-bond acceptors (Lipinski definition) is 1. The summed E-state index contributed by atoms with van der Waals surface area (Å²) in [5, 5.41) is 0. The van der Waals surface area contributed by atoms with Gasteiger partial charge in [-0.1, -0.05) is 55.4 Å². The minimum absolute atomic E-state index is 0.536. The normalized spacial score (nSPS) is 11.5. The summed E-state index contributed by atoms with van der Waals surface area (Å²) in [5.41, 5.74) is 2.84. The summed E-state index contributed by atoms with van der Waals surface area (Å²) >= 11 is 0. The van der Waals surface area contributed by atoms with Crippen molar-refractivity contribution in [3.05, 3.63) is 22.7 Å². The summed E-state index contributed by atoms with van der Waals surface area (Å²) in [5.74, 6) is 4.31. The van der Waals surface area contributed by atoms with Gasteiger partial charge in [0.2, 0.25) is 0 Å². The molecule has 0 unspecified atom stereocenters. The van der Waals surface area contributed by atoms with Gasteiger partial charge in [-0.25, -0.2) is 0 Å². The molecule has 112 valence electrons. The van der Waals surface area contributed by atoms with Gasteiger partial charge in [-0.05, 0) is 48.7 Å². The molecule has 0 fully saturated rings. The zero-order valence-corrected chi connectivity index (χ0v) is 14.7. The molecule has 0 aromatic carbocycles. The Bertz CT molecular complexity index is 287. The van der Waals surface area contributed by atoms with Crippen LogP contribution in [-0.2, 0) is 4.74 Å². The molecule has 0 aromatic heterocycles. The molecular formula is C18H34O. The van der Waals surface area contributed by atoms with Crippen LogP contribution in [-0.4, -0.2) is 0 Å². The third-order valence-electron chi connectivity index (χ3n) is 3.61. The van der Waals surface area contributed by atoms with Crippen LogP contribution in [0, 0.1) is 23.7 Å². The fourth-order valence-corrected chi connectivity index (χ4v) is 3.31. The topological polar surface area (TPSA) is 9.23 Å². The highest BCUT2D eigenvalue weighted by molar-refractivity contribution is 5.17. The van der Waals surface area contributed by atoms with Gasteiger partial charge in [0.15, 0.2) is 0 Å². The van der Waals surface area contributed by atoms with Crippen LogP contribution < -0.4 is 0 Å². The molecule has 0 aromatic rings. The van der Waals surface area contributed by atoms with E-state index in [0.717, 1.165) is 11.5 Å². The van der Waals surface area contributed by atoms with Gasteiger partial charge in [0.1, 0.15) is 11.5 Å². The van der Waals surface area contributed by atoms with E-state index in [1.54, 1.807) is 0 Å². The van der Waals surface area contributed by atoms with Crippen molar-refractivity contribution in [3.63, 3.8) is 0 Å². The molecule has 0 spiro atoms. The van der Waals surface area contributed by atoms with Crippen molar-refractivity contribution in [2.24, 2.45) is 23.7 Å². The molecule has 0 N–H and O–H groups in total. The molecule has 0 aliphatic carbocycles. The van der Waals surface area contributed by atoms with Gasteiger partial charge in [0, 0.05) is 0 Å². The number of rotatable bonds is 6. The lowest BCUT2D eigenvalue weighted by Gasteiger charge is -2.23. The predicted octanol–water partition coefficient (Wildman–Crippen LogP) is 6.18. The monoisotopic (exact) mass is 266 g/mol. The Morgan fingerprint density at radius 2 is 0.737 bits per heavy atom. The van der Waals surface area contributed by atoms with Crippen LogP contribution in [0.15, 0.2) is 22.7 Å². The summed E-state index contributed by atoms with van der Waals surface area (Å²) in [6.07, 6.45) is 0. The van der Waals surface area contributed by atoms with Crippen molar-refractivity contribution in [1.82, 2.24) is 0 Å². The molecule has 0 heterocycles. The van der Waals surface area contributed by atoms with Crippen molar-refractivity contribution >= 4 is 0 Å². The van der Waals surface area contributed by atoms with Gasteiger partial charge < -0.3 is 4.74 Å². The largest absolute Gasteiger partial charge is 0.467 e. The van der Waals surface area contributed by atoms with E-state index in [1.165, 1.54) is 11.1 Å². The molecule has 1 heteroatoms. The average molecular weight is 266 g/mol. The van der Waals surface area contributed by atoms with E-state index in [-0.39, 0.29) is 0 Å². The van der Waals surface area contributed by atoms with Gasteiger partial charge >= 0.3 is 0 Å². The molecule has 0 bridgehead atoms. The summed E-state index contributed by atoms with van der Waals surface area (Å²) in [6.45, 7) is 22.2. The highest BCUT2D eigenvalue weighted by atomic mass is 16.5. The molecule has 0 saturated heterocycles. The highest BCUT2D eigenvalue weighted by Crippen LogP contribution is 2.29. The first kappa shape index (κ1) is 18.3. The minimum atomic E-state index is 0.536. The van der Waals surface area contributed by atoms with Gasteiger partial charge in [-0.15, -0.1) is 0 Å². The maximum Gasteiger partial charge on any atom is 0.100 e. The Morgan fingerprint density at radius 3 is 0.895 bits per heavy atom. The molecule has 0 aliphatic rings. The first-order valence-electron chi connectivity index (χ1n) is 7.68. The Kier molecular flexibility index (Phi) is 7.47. The van der Waals surface area contributed by atoms with Gasteiger partial charge in [-0.3, -0.25) is 0 Å². The second-order valence-electron chi connectivity index (χ2n) is 6.74. The molecule has 1 nitrogen and oxygen atoms in total. The van der Waals surface area contributed by atoms with Crippen molar-refractivity contribution < 1.29 is 4.74 Å². The number of hydrogen-bond donors (Lipinski definition) is 0. The quantitative estimate of drug-likeness (QED) is 0.522. The van der Waals surface area contributed by atoms with Crippen LogP contribution in [0.5, 0.6) is 0 Å². The Hall–Kier alpha value is -0.720. The zero-order valence-electron chi connectivity index (χ0n) is 14.7. The standard InChI is InChI=1S/C18H34O/c1-11(2)17(12(3)4)15(9)19-16(10)18(13(5)6)14(7)8/h11-14H,1-10H3. The Morgan fingerprint density at radius 1 is 0.526 bits per heavy atom. The summed E-state index contributed by atoms with van der Waals surface area (Å²) in [7, 11) is 0. The molecule has 0 saturated carbocycles. The number of allylic oxidation sites excluding steroid dienone is 4. The number of ether oxygens (including phenoxy) is 1. The van der Waals surface area contributed by atoms with Crippen molar-refractivity contribution in [1.29, 1.82) is 0 Å². The molecule has 0 rings (SSSR count). The van der Waals surface area contributed by atoms with Gasteiger partial charge in [0.25, 0.3) is 0 Å². The maximum absolute atomic E-state index is 6.18. The van der Waals surface area contributed by atoms with Crippen LogP contribution in [0.3, 0.4) is 0 Å². The fourth-order valence-electron chi connectivity index (χ4n) is 3.31. The van der Waals surface area contributed by atoms with E-state index in [0.29, 0.717) is 23.7 Å². The first-order valence-corrected chi connectivity index (χ1v) is 7.68. The molecule has 0 atom stereocenters. The molecule has 0 amide bonds. The maximum atomic E-state index is 6.18. The first-order chi connectivity index (χ1) is 8.59. The van der Waals surface area contributed by atoms with Gasteiger partial charge in [0.05, 0.1) is 0 Å². The second-order valence-corrected chi connectivity index (χ2v) is 6.74. The second kappa shape index (κ2) is 7.77. The van der Waals surface area contributed by atoms with E-state index in [4.69, 9.17) is 4.74 Å². The summed E-state index contributed by atoms with van der Waals surface area (Å²) < 4.78 is 6.18. The third kappa shape index (κ3) is 5.42. The van der Waals surface area contributed by atoms with Crippen LogP contribution in [0.2, 0.25) is 0 Å². The van der Waals surface area contributed by atoms with E-state index in [9.17, 15) is 0 Å². The molecule has 0 aliphatic heterocycles. The Balaban J connectivity index is 5.42. The van der Waals surface area contributed by atoms with Crippen LogP contribution in [0.25, 0.3) is 0 Å². The smallest absolute Gasteiger partial charge is 0.100 e. The lowest BCUT2D eigenvalue weighted by Crippen LogP contribution is -2.10. The van der Waals surface area contributed by atoms with E-state index in [2.05, 4.69) is 69.2 Å². The zero-order chi connectivity index (χ0) is 15.3. The van der Waals surface area contributed by atoms with Gasteiger partial charge in [-0.2, -0.15) is 0 Å². The summed E-state index contributed by atoms with van der Waals surface area (Å²) in [4.78, 5) is 0. The lowest BCUT2D eigenvalue weighted by atomic mass is 9.90. The SMILES string of the molecule is CC(OC(C)=C(C(C)C)C(C)C)=C(C(C)C)C(C)C. The molecular weight excluding hydrogens is 232 g/mol. The highest BCUT2D eigenvalue weighted by Gasteiger charge is 2.17. The Labute approximate surface area is 121 Å². The predicted molar refractivity (Wildman–Crippen MR) is 85.8 cm³/mol. The van der Waals surface area contributed by atoms with Crippen molar-refractivity contribution in [2.75, 3.05) is 0 Å². The minimum Gasteiger partial charge on any atom is -0.467 e.